The van der Waals surface area contributed by atoms with E-state index in [2.05, 4.69) is 30.7 Å². The molecule has 0 bridgehead atoms. The topological polar surface area (TPSA) is 116 Å². The Labute approximate surface area is 107 Å². The van der Waals surface area contributed by atoms with Crippen LogP contribution in [0.4, 0.5) is 0 Å². The van der Waals surface area contributed by atoms with E-state index in [1.54, 1.807) is 0 Å². The van der Waals surface area contributed by atoms with E-state index in [1.165, 1.54) is 12.4 Å². The third kappa shape index (κ3) is 2.37. The number of nitrogens with zero attached hydrogens (tertiary/aromatic N) is 3. The van der Waals surface area contributed by atoms with E-state index in [0.29, 0.717) is 6.42 Å². The van der Waals surface area contributed by atoms with E-state index in [-0.39, 0.29) is 23.3 Å². The Hall–Kier alpha value is -2.51. The minimum Gasteiger partial charge on any atom is -0.346 e. The first-order chi connectivity index (χ1) is 9.22. The zero-order valence-electron chi connectivity index (χ0n) is 10.0. The summed E-state index contributed by atoms with van der Waals surface area (Å²) in [6, 6.07) is 1.52. The van der Waals surface area contributed by atoms with E-state index >= 15 is 0 Å². The molecule has 1 aliphatic carbocycles. The lowest BCUT2D eigenvalue weighted by Gasteiger charge is -2.23. The van der Waals surface area contributed by atoms with Gasteiger partial charge < -0.3 is 5.32 Å². The molecule has 8 heteroatoms. The van der Waals surface area contributed by atoms with Crippen molar-refractivity contribution >= 4 is 5.91 Å². The van der Waals surface area contributed by atoms with Crippen molar-refractivity contribution in [1.29, 1.82) is 0 Å². The molecule has 0 fully saturated rings. The highest BCUT2D eigenvalue weighted by Gasteiger charge is 2.22. The summed E-state index contributed by atoms with van der Waals surface area (Å²) in [5.41, 5.74) is 1.56. The van der Waals surface area contributed by atoms with Gasteiger partial charge >= 0.3 is 0 Å². The van der Waals surface area contributed by atoms with Crippen LogP contribution in [0.15, 0.2) is 17.2 Å². The van der Waals surface area contributed by atoms with Crippen molar-refractivity contribution in [3.05, 3.63) is 39.8 Å². The fourth-order valence-corrected chi connectivity index (χ4v) is 2.23. The summed E-state index contributed by atoms with van der Waals surface area (Å²) in [5, 5.41) is 15.4. The summed E-state index contributed by atoms with van der Waals surface area (Å²) in [4.78, 5) is 26.8. The summed E-state index contributed by atoms with van der Waals surface area (Å²) in [5.74, 6) is -0.0985. The zero-order valence-corrected chi connectivity index (χ0v) is 10.0. The fraction of sp³-hybridized carbons (Fsp3) is 0.364. The molecule has 1 amide bonds. The largest absolute Gasteiger partial charge is 0.346 e. The fourth-order valence-electron chi connectivity index (χ4n) is 2.23. The van der Waals surface area contributed by atoms with Crippen molar-refractivity contribution in [3.63, 3.8) is 0 Å². The summed E-state index contributed by atoms with van der Waals surface area (Å²) in [6.45, 7) is 0. The predicted octanol–water partition coefficient (Wildman–Crippen LogP) is -0.825. The number of H-pyrrole nitrogens is 2. The van der Waals surface area contributed by atoms with Crippen LogP contribution in [-0.2, 0) is 12.8 Å². The van der Waals surface area contributed by atoms with Crippen molar-refractivity contribution in [2.24, 2.45) is 0 Å². The minimum atomic E-state index is -0.288. The standard InChI is InChI=1S/C11H12N6O2/c18-9-4-6-3-7(1-2-8(6)15-16-9)14-11(19)10-12-5-13-17-10/h4-5,7H,1-3H2,(H,14,19)(H,16,18)(H,12,13,17). The second-order valence-electron chi connectivity index (χ2n) is 4.45. The lowest BCUT2D eigenvalue weighted by atomic mass is 9.92. The maximum absolute atomic E-state index is 11.8. The van der Waals surface area contributed by atoms with Gasteiger partial charge in [-0.15, -0.1) is 0 Å². The molecule has 8 nitrogen and oxygen atoms in total. The Balaban J connectivity index is 1.72. The van der Waals surface area contributed by atoms with E-state index in [1.807, 2.05) is 0 Å². The monoisotopic (exact) mass is 260 g/mol. The summed E-state index contributed by atoms with van der Waals surface area (Å²) in [7, 11) is 0. The molecule has 3 N–H and O–H groups in total. The zero-order chi connectivity index (χ0) is 13.2. The van der Waals surface area contributed by atoms with E-state index < -0.39 is 0 Å². The molecule has 0 radical (unpaired) electrons. The van der Waals surface area contributed by atoms with Gasteiger partial charge in [-0.05, 0) is 24.8 Å². The molecule has 2 aromatic rings. The molecule has 1 aliphatic rings. The van der Waals surface area contributed by atoms with Gasteiger partial charge in [0.05, 0.1) is 5.69 Å². The number of amides is 1. The maximum atomic E-state index is 11.8. The highest BCUT2D eigenvalue weighted by molar-refractivity contribution is 5.90. The molecule has 0 saturated heterocycles. The Morgan fingerprint density at radius 3 is 3.11 bits per heavy atom. The number of aryl methyl sites for hydroxylation is 1. The van der Waals surface area contributed by atoms with E-state index in [4.69, 9.17) is 0 Å². The van der Waals surface area contributed by atoms with Gasteiger partial charge in [-0.25, -0.2) is 10.1 Å². The number of nitrogens with one attached hydrogen (secondary N) is 3. The molecule has 19 heavy (non-hydrogen) atoms. The molecule has 0 saturated carbocycles. The van der Waals surface area contributed by atoms with Gasteiger partial charge in [-0.1, -0.05) is 0 Å². The quantitative estimate of drug-likeness (QED) is 0.652. The molecule has 0 spiro atoms. The highest BCUT2D eigenvalue weighted by atomic mass is 16.2. The van der Waals surface area contributed by atoms with Crippen LogP contribution in [0.2, 0.25) is 0 Å². The van der Waals surface area contributed by atoms with E-state index in [9.17, 15) is 9.59 Å². The Morgan fingerprint density at radius 2 is 2.32 bits per heavy atom. The SMILES string of the molecule is O=C(NC1CCc2n[nH]c(=O)cc2C1)c1ncn[nH]1. The number of rotatable bonds is 2. The van der Waals surface area contributed by atoms with Crippen molar-refractivity contribution in [3.8, 4) is 0 Å². The number of carbonyl (C=O) groups excluding carboxylic acids is 1. The average molecular weight is 260 g/mol. The van der Waals surface area contributed by atoms with Gasteiger partial charge in [0.15, 0.2) is 0 Å². The molecule has 1 unspecified atom stereocenters. The van der Waals surface area contributed by atoms with Crippen LogP contribution in [0.25, 0.3) is 0 Å². The first-order valence-electron chi connectivity index (χ1n) is 5.96. The highest BCUT2D eigenvalue weighted by Crippen LogP contribution is 2.17. The lowest BCUT2D eigenvalue weighted by Crippen LogP contribution is -2.40. The smallest absolute Gasteiger partial charge is 0.288 e. The van der Waals surface area contributed by atoms with E-state index in [0.717, 1.165) is 24.1 Å². The van der Waals surface area contributed by atoms with Gasteiger partial charge in [0.25, 0.3) is 11.5 Å². The lowest BCUT2D eigenvalue weighted by molar-refractivity contribution is 0.0923. The molecular formula is C11H12N6O2. The molecule has 98 valence electrons. The number of hydrogen-bond donors (Lipinski definition) is 3. The summed E-state index contributed by atoms with van der Waals surface area (Å²) >= 11 is 0. The summed E-state index contributed by atoms with van der Waals surface area (Å²) < 4.78 is 0. The number of carbonyl (C=O) groups is 1. The Kier molecular flexibility index (Phi) is 2.82. The van der Waals surface area contributed by atoms with Crippen LogP contribution in [0.5, 0.6) is 0 Å². The predicted molar refractivity (Wildman–Crippen MR) is 64.5 cm³/mol. The normalized spacial score (nSPS) is 17.8. The first kappa shape index (κ1) is 11.6. The minimum absolute atomic E-state index is 0.0197. The van der Waals surface area contributed by atoms with Crippen LogP contribution in [0.3, 0.4) is 0 Å². The van der Waals surface area contributed by atoms with Gasteiger partial charge in [0.1, 0.15) is 6.33 Å². The third-order valence-electron chi connectivity index (χ3n) is 3.14. The van der Waals surface area contributed by atoms with Crippen molar-refractivity contribution in [2.45, 2.75) is 25.3 Å². The van der Waals surface area contributed by atoms with Gasteiger partial charge in [-0.2, -0.15) is 10.2 Å². The molecule has 3 rings (SSSR count). The van der Waals surface area contributed by atoms with Crippen LogP contribution in [0, 0.1) is 0 Å². The van der Waals surface area contributed by atoms with Crippen molar-refractivity contribution in [1.82, 2.24) is 30.7 Å². The number of aromatic nitrogens is 5. The molecule has 2 heterocycles. The maximum Gasteiger partial charge on any atom is 0.288 e. The van der Waals surface area contributed by atoms with Crippen LogP contribution in [-0.4, -0.2) is 37.3 Å². The molecule has 0 aliphatic heterocycles. The van der Waals surface area contributed by atoms with Crippen LogP contribution in [0.1, 0.15) is 28.3 Å². The average Bonchev–Trinajstić information content (AvgIpc) is 2.92. The second-order valence-corrected chi connectivity index (χ2v) is 4.45. The molecule has 1 atom stereocenters. The molecule has 2 aromatic heterocycles. The molecular weight excluding hydrogens is 248 g/mol. The third-order valence-corrected chi connectivity index (χ3v) is 3.14. The summed E-state index contributed by atoms with van der Waals surface area (Å²) in [6.07, 6.45) is 3.40. The Bertz CT molecular complexity index is 647. The Morgan fingerprint density at radius 1 is 1.42 bits per heavy atom. The first-order valence-corrected chi connectivity index (χ1v) is 5.96. The van der Waals surface area contributed by atoms with Crippen LogP contribution >= 0.6 is 0 Å². The number of aromatic amines is 2. The molecule has 0 aromatic carbocycles. The van der Waals surface area contributed by atoms with Gasteiger partial charge in [0, 0.05) is 12.1 Å². The number of hydrogen-bond acceptors (Lipinski definition) is 5. The van der Waals surface area contributed by atoms with Crippen LogP contribution < -0.4 is 10.9 Å². The van der Waals surface area contributed by atoms with Crippen molar-refractivity contribution < 1.29 is 4.79 Å². The number of fused-ring (bicyclic) bond motifs is 1. The second kappa shape index (κ2) is 4.63. The van der Waals surface area contributed by atoms with Crippen molar-refractivity contribution in [2.75, 3.05) is 0 Å². The van der Waals surface area contributed by atoms with Gasteiger partial charge in [0.2, 0.25) is 5.82 Å². The van der Waals surface area contributed by atoms with Gasteiger partial charge in [-0.3, -0.25) is 14.7 Å².